The Morgan fingerprint density at radius 1 is 0.964 bits per heavy atom. The Balaban J connectivity index is 1.46. The molecule has 3 rings (SSSR count). The molecule has 28 heavy (non-hydrogen) atoms. The quantitative estimate of drug-likeness (QED) is 0.687. The fraction of sp³-hybridized carbons (Fsp3) is 0.391. The monoisotopic (exact) mass is 380 g/mol. The van der Waals surface area contributed by atoms with E-state index in [0.717, 1.165) is 18.8 Å². The van der Waals surface area contributed by atoms with Gasteiger partial charge in [0.2, 0.25) is 5.91 Å². The van der Waals surface area contributed by atoms with Crippen molar-refractivity contribution in [2.45, 2.75) is 26.7 Å². The number of piperazine rings is 1. The first kappa shape index (κ1) is 19.9. The molecular formula is C23H28N2O3. The zero-order valence-corrected chi connectivity index (χ0v) is 16.7. The van der Waals surface area contributed by atoms with Crippen LogP contribution in [0.4, 0.5) is 5.69 Å². The van der Waals surface area contributed by atoms with Crippen LogP contribution in [0.25, 0.3) is 0 Å². The maximum Gasteiger partial charge on any atom is 0.223 e. The maximum atomic E-state index is 12.5. The van der Waals surface area contributed by atoms with Gasteiger partial charge in [-0.05, 0) is 55.8 Å². The minimum absolute atomic E-state index is 0.00482. The van der Waals surface area contributed by atoms with Crippen molar-refractivity contribution in [2.75, 3.05) is 37.7 Å². The van der Waals surface area contributed by atoms with E-state index in [9.17, 15) is 9.59 Å². The normalized spacial score (nSPS) is 14.1. The summed E-state index contributed by atoms with van der Waals surface area (Å²) < 4.78 is 5.39. The minimum Gasteiger partial charge on any atom is -0.494 e. The highest BCUT2D eigenvalue weighted by Crippen LogP contribution is 2.19. The van der Waals surface area contributed by atoms with Gasteiger partial charge in [-0.3, -0.25) is 9.59 Å². The van der Waals surface area contributed by atoms with E-state index in [1.54, 1.807) is 24.3 Å². The fourth-order valence-electron chi connectivity index (χ4n) is 3.47. The number of aryl methyl sites for hydroxylation is 1. The summed E-state index contributed by atoms with van der Waals surface area (Å²) in [4.78, 5) is 29.0. The molecule has 5 heteroatoms. The lowest BCUT2D eigenvalue weighted by Gasteiger charge is -2.36. The molecule has 0 spiro atoms. The summed E-state index contributed by atoms with van der Waals surface area (Å²) in [7, 11) is 0. The Hall–Kier alpha value is -2.82. The van der Waals surface area contributed by atoms with Gasteiger partial charge in [0.1, 0.15) is 5.75 Å². The predicted octanol–water partition coefficient (Wildman–Crippen LogP) is 3.71. The molecule has 1 amide bonds. The number of ketones is 1. The van der Waals surface area contributed by atoms with Crippen LogP contribution in [0, 0.1) is 6.92 Å². The molecule has 2 aromatic carbocycles. The number of rotatable bonds is 7. The van der Waals surface area contributed by atoms with Gasteiger partial charge in [0.05, 0.1) is 6.61 Å². The first-order valence-corrected chi connectivity index (χ1v) is 9.92. The van der Waals surface area contributed by atoms with E-state index in [-0.39, 0.29) is 24.5 Å². The third-order valence-electron chi connectivity index (χ3n) is 5.05. The van der Waals surface area contributed by atoms with Crippen LogP contribution >= 0.6 is 0 Å². The molecule has 148 valence electrons. The van der Waals surface area contributed by atoms with Gasteiger partial charge in [0.25, 0.3) is 0 Å². The highest BCUT2D eigenvalue weighted by atomic mass is 16.5. The smallest absolute Gasteiger partial charge is 0.223 e. The number of hydrogen-bond donors (Lipinski definition) is 0. The Bertz CT molecular complexity index is 809. The lowest BCUT2D eigenvalue weighted by molar-refractivity contribution is -0.131. The highest BCUT2D eigenvalue weighted by molar-refractivity contribution is 5.98. The summed E-state index contributed by atoms with van der Waals surface area (Å²) in [5, 5.41) is 0. The lowest BCUT2D eigenvalue weighted by Crippen LogP contribution is -2.48. The van der Waals surface area contributed by atoms with Crippen LogP contribution in [-0.2, 0) is 4.79 Å². The summed E-state index contributed by atoms with van der Waals surface area (Å²) in [6.07, 6.45) is 0.501. The standard InChI is InChI=1S/C23H28N2O3/c1-3-28-21-9-7-19(8-10-21)22(26)11-12-23(27)25-15-13-24(14-16-25)20-6-4-5-18(2)17-20/h4-10,17H,3,11-16H2,1-2H3. The lowest BCUT2D eigenvalue weighted by atomic mass is 10.1. The van der Waals surface area contributed by atoms with Crippen molar-refractivity contribution >= 4 is 17.4 Å². The Kier molecular flexibility index (Phi) is 6.69. The van der Waals surface area contributed by atoms with Gasteiger partial charge in [0, 0.05) is 50.3 Å². The van der Waals surface area contributed by atoms with Gasteiger partial charge in [-0.15, -0.1) is 0 Å². The van der Waals surface area contributed by atoms with Crippen molar-refractivity contribution in [3.05, 3.63) is 59.7 Å². The third kappa shape index (κ3) is 5.12. The molecule has 0 bridgehead atoms. The van der Waals surface area contributed by atoms with Crippen LogP contribution in [0.5, 0.6) is 5.75 Å². The number of nitrogens with zero attached hydrogens (tertiary/aromatic N) is 2. The number of ether oxygens (including phenoxy) is 1. The molecule has 1 saturated heterocycles. The zero-order valence-electron chi connectivity index (χ0n) is 16.7. The van der Waals surface area contributed by atoms with Crippen molar-refractivity contribution in [2.24, 2.45) is 0 Å². The Morgan fingerprint density at radius 3 is 2.32 bits per heavy atom. The average Bonchev–Trinajstić information content (AvgIpc) is 2.72. The minimum atomic E-state index is -0.00482. The SMILES string of the molecule is CCOc1ccc(C(=O)CCC(=O)N2CCN(c3cccc(C)c3)CC2)cc1. The molecule has 0 radical (unpaired) electrons. The molecule has 0 aliphatic carbocycles. The van der Waals surface area contributed by atoms with Gasteiger partial charge >= 0.3 is 0 Å². The van der Waals surface area contributed by atoms with Crippen molar-refractivity contribution in [3.8, 4) is 5.75 Å². The number of anilines is 1. The van der Waals surface area contributed by atoms with E-state index < -0.39 is 0 Å². The maximum absolute atomic E-state index is 12.5. The largest absolute Gasteiger partial charge is 0.494 e. The van der Waals surface area contributed by atoms with E-state index in [4.69, 9.17) is 4.74 Å². The third-order valence-corrected chi connectivity index (χ3v) is 5.05. The molecular weight excluding hydrogens is 352 g/mol. The molecule has 1 heterocycles. The predicted molar refractivity (Wildman–Crippen MR) is 111 cm³/mol. The van der Waals surface area contributed by atoms with E-state index >= 15 is 0 Å². The first-order chi connectivity index (χ1) is 13.6. The molecule has 5 nitrogen and oxygen atoms in total. The van der Waals surface area contributed by atoms with Crippen LogP contribution in [0.1, 0.15) is 35.7 Å². The van der Waals surface area contributed by atoms with Crippen LogP contribution in [-0.4, -0.2) is 49.4 Å². The van der Waals surface area contributed by atoms with Crippen LogP contribution < -0.4 is 9.64 Å². The second-order valence-electron chi connectivity index (χ2n) is 7.09. The van der Waals surface area contributed by atoms with Crippen LogP contribution in [0.15, 0.2) is 48.5 Å². The van der Waals surface area contributed by atoms with E-state index in [2.05, 4.69) is 36.1 Å². The van der Waals surface area contributed by atoms with Crippen molar-refractivity contribution in [1.82, 2.24) is 4.90 Å². The topological polar surface area (TPSA) is 49.9 Å². The van der Waals surface area contributed by atoms with Gasteiger partial charge in [-0.2, -0.15) is 0 Å². The Labute approximate surface area is 166 Å². The summed E-state index contributed by atoms with van der Waals surface area (Å²) in [5.74, 6) is 0.805. The number of amides is 1. The average molecular weight is 380 g/mol. The molecule has 0 atom stereocenters. The molecule has 0 aromatic heterocycles. The van der Waals surface area contributed by atoms with E-state index in [1.165, 1.54) is 11.3 Å². The van der Waals surface area contributed by atoms with E-state index in [0.29, 0.717) is 25.3 Å². The second kappa shape index (κ2) is 9.40. The molecule has 0 unspecified atom stereocenters. The number of carbonyl (C=O) groups is 2. The molecule has 1 aliphatic rings. The second-order valence-corrected chi connectivity index (χ2v) is 7.09. The number of Topliss-reactive ketones (excluding diaryl/α,β-unsaturated/α-hetero) is 1. The molecule has 0 N–H and O–H groups in total. The van der Waals surface area contributed by atoms with Crippen LogP contribution in [0.2, 0.25) is 0 Å². The van der Waals surface area contributed by atoms with Gasteiger partial charge in [0.15, 0.2) is 5.78 Å². The molecule has 2 aromatic rings. The Morgan fingerprint density at radius 2 is 1.68 bits per heavy atom. The fourth-order valence-corrected chi connectivity index (χ4v) is 3.47. The van der Waals surface area contributed by atoms with Gasteiger partial charge < -0.3 is 14.5 Å². The number of hydrogen-bond acceptors (Lipinski definition) is 4. The molecule has 1 fully saturated rings. The van der Waals surface area contributed by atoms with E-state index in [1.807, 2.05) is 11.8 Å². The summed E-state index contributed by atoms with van der Waals surface area (Å²) in [5.41, 5.74) is 3.07. The van der Waals surface area contributed by atoms with Crippen molar-refractivity contribution in [1.29, 1.82) is 0 Å². The van der Waals surface area contributed by atoms with Crippen LogP contribution in [0.3, 0.4) is 0 Å². The highest BCUT2D eigenvalue weighted by Gasteiger charge is 2.22. The number of benzene rings is 2. The van der Waals surface area contributed by atoms with Gasteiger partial charge in [-0.1, -0.05) is 12.1 Å². The summed E-state index contributed by atoms with van der Waals surface area (Å²) in [6.45, 7) is 7.65. The number of carbonyl (C=O) groups excluding carboxylic acids is 2. The van der Waals surface area contributed by atoms with Crippen molar-refractivity contribution in [3.63, 3.8) is 0 Å². The molecule has 0 saturated carbocycles. The summed E-state index contributed by atoms with van der Waals surface area (Å²) in [6, 6.07) is 15.6. The molecule has 1 aliphatic heterocycles. The first-order valence-electron chi connectivity index (χ1n) is 9.92. The zero-order chi connectivity index (χ0) is 19.9. The summed E-state index contributed by atoms with van der Waals surface area (Å²) >= 11 is 0. The van der Waals surface area contributed by atoms with Crippen molar-refractivity contribution < 1.29 is 14.3 Å². The van der Waals surface area contributed by atoms with Gasteiger partial charge in [-0.25, -0.2) is 0 Å².